The Balaban J connectivity index is 0.000000315. The third-order valence-corrected chi connectivity index (χ3v) is 22.2. The largest absolute Gasteiger partial charge is 0.508 e. The van der Waals surface area contributed by atoms with Crippen LogP contribution in [0.15, 0.2) is 39.0 Å². The summed E-state index contributed by atoms with van der Waals surface area (Å²) in [6.07, 6.45) is -34.9. The molecule has 1 aromatic rings. The lowest BCUT2D eigenvalue weighted by molar-refractivity contribution is -0.314. The number of aldehydes is 2. The number of fused-ring (bicyclic) bond motifs is 3. The highest BCUT2D eigenvalue weighted by atomic mass is 35.5. The first-order valence-corrected chi connectivity index (χ1v) is 41.5. The Labute approximate surface area is 729 Å². The van der Waals surface area contributed by atoms with Gasteiger partial charge in [0.2, 0.25) is 5.78 Å². The molecule has 35 atom stereocenters. The summed E-state index contributed by atoms with van der Waals surface area (Å²) in [4.78, 5) is 71.7. The van der Waals surface area contributed by atoms with E-state index in [0.29, 0.717) is 0 Å². The molecule has 10 rings (SSSR count). The summed E-state index contributed by atoms with van der Waals surface area (Å²) in [7, 11) is -8.19. The first kappa shape index (κ1) is 111. The number of phenolic OH excluding ortho intramolecular Hbond substituents is 1. The third kappa shape index (κ3) is 24.5. The molecular formula is C64H107ClN16O44S3. The van der Waals surface area contributed by atoms with Crippen molar-refractivity contribution < 1.29 is 211 Å². The van der Waals surface area contributed by atoms with E-state index in [1.54, 1.807) is 0 Å². The Morgan fingerprint density at radius 3 is 1.24 bits per heavy atom. The lowest BCUT2D eigenvalue weighted by Gasteiger charge is -2.53. The minimum Gasteiger partial charge on any atom is -0.508 e. The van der Waals surface area contributed by atoms with E-state index in [4.69, 9.17) is 153 Å². The fourth-order valence-corrected chi connectivity index (χ4v) is 16.2. The number of primary amides is 1. The molecule has 0 spiro atoms. The number of benzene rings is 1. The van der Waals surface area contributed by atoms with Gasteiger partial charge in [-0.25, -0.2) is 9.98 Å². The molecule has 0 bridgehead atoms. The zero-order valence-corrected chi connectivity index (χ0v) is 71.0. The first-order chi connectivity index (χ1) is 58.6. The second-order valence-corrected chi connectivity index (χ2v) is 33.4. The summed E-state index contributed by atoms with van der Waals surface area (Å²) in [5.74, 6) is -10.6. The molecule has 732 valence electrons. The van der Waals surface area contributed by atoms with E-state index in [1.807, 2.05) is 0 Å². The van der Waals surface area contributed by atoms with Crippen molar-refractivity contribution in [1.82, 2.24) is 26.2 Å². The predicted molar refractivity (Wildman–Crippen MR) is 422 cm³/mol. The fourth-order valence-electron chi connectivity index (χ4n) is 15.8. The van der Waals surface area contributed by atoms with Gasteiger partial charge in [-0.3, -0.25) is 67.0 Å². The molecule has 7 fully saturated rings. The maximum atomic E-state index is 13.7. The molecule has 1 aromatic carbocycles. The van der Waals surface area contributed by atoms with Crippen molar-refractivity contribution in [2.24, 2.45) is 62.0 Å². The van der Waals surface area contributed by atoms with Gasteiger partial charge in [0.05, 0.1) is 66.8 Å². The van der Waals surface area contributed by atoms with Gasteiger partial charge >= 0.3 is 31.2 Å². The molecule has 1 amide bonds. The molecule has 4 heterocycles. The number of nitrogens with zero attached hydrogens (tertiary/aromatic N) is 3. The normalized spacial score (nSPS) is 39.7. The predicted octanol–water partition coefficient (Wildman–Crippen LogP) is -17.6. The van der Waals surface area contributed by atoms with Crippen molar-refractivity contribution >= 4 is 102 Å². The minimum atomic E-state index is -4.67. The number of rotatable bonds is 20. The van der Waals surface area contributed by atoms with Crippen molar-refractivity contribution in [3.8, 4) is 5.75 Å². The van der Waals surface area contributed by atoms with Crippen LogP contribution < -0.4 is 61.4 Å². The number of carbonyl (C=O) groups excluding carboxylic acids is 5. The summed E-state index contributed by atoms with van der Waals surface area (Å²) in [5.41, 5.74) is 26.5. The van der Waals surface area contributed by atoms with Gasteiger partial charge in [-0.05, 0) is 67.5 Å². The van der Waals surface area contributed by atoms with Crippen molar-refractivity contribution in [2.75, 3.05) is 41.4 Å². The van der Waals surface area contributed by atoms with E-state index in [-0.39, 0.29) is 35.1 Å². The Morgan fingerprint density at radius 2 is 0.938 bits per heavy atom. The molecule has 64 heteroatoms. The number of hydrogen-bond acceptors (Lipinski definition) is 45. The molecular weight excluding hydrogens is 1830 g/mol. The van der Waals surface area contributed by atoms with Gasteiger partial charge in [-0.15, -0.1) is 0 Å². The summed E-state index contributed by atoms with van der Waals surface area (Å²) in [5, 5.41) is 228. The number of halogens is 1. The number of aliphatic hydroxyl groups is 18. The number of aromatic hydroxyl groups is 1. The average Bonchev–Trinajstić information content (AvgIpc) is 0.865. The lowest BCUT2D eigenvalue weighted by atomic mass is 9.54. The maximum absolute atomic E-state index is 13.7. The van der Waals surface area contributed by atoms with Gasteiger partial charge in [-0.2, -0.15) is 25.3 Å². The van der Waals surface area contributed by atoms with Gasteiger partial charge < -0.3 is 196 Å². The molecule has 60 nitrogen and oxygen atoms in total. The van der Waals surface area contributed by atoms with Gasteiger partial charge in [0.15, 0.2) is 84.2 Å². The van der Waals surface area contributed by atoms with E-state index in [2.05, 4.69) is 31.3 Å². The molecule has 0 aromatic heterocycles. The van der Waals surface area contributed by atoms with Gasteiger partial charge in [0.25, 0.3) is 5.91 Å². The third-order valence-electron chi connectivity index (χ3n) is 21.9. The highest BCUT2D eigenvalue weighted by molar-refractivity contribution is 7.80. The van der Waals surface area contributed by atoms with Crippen molar-refractivity contribution in [1.29, 1.82) is 10.8 Å². The second kappa shape index (κ2) is 43.2. The van der Waals surface area contributed by atoms with Crippen LogP contribution in [0.2, 0.25) is 5.02 Å². The van der Waals surface area contributed by atoms with E-state index in [1.165, 1.54) is 66.0 Å². The molecule has 5 aliphatic carbocycles. The number of ether oxygens (including phenoxy) is 8. The maximum Gasteiger partial charge on any atom is 0.394 e. The number of Topliss-reactive ketones (excluding diaryl/α,β-unsaturated/α-hetero) is 2. The topological polar surface area (TPSA) is 1070 Å². The molecule has 0 unspecified atom stereocenters. The van der Waals surface area contributed by atoms with Crippen LogP contribution in [0.5, 0.6) is 5.75 Å². The van der Waals surface area contributed by atoms with Crippen LogP contribution in [0.3, 0.4) is 0 Å². The van der Waals surface area contributed by atoms with Crippen LogP contribution in [-0.4, -0.2) is 444 Å². The van der Waals surface area contributed by atoms with E-state index >= 15 is 0 Å². The summed E-state index contributed by atoms with van der Waals surface area (Å²) in [6.45, 7) is 2.57. The molecule has 4 saturated heterocycles. The number of aliphatic hydroxyl groups excluding tert-OH is 14. The number of carbonyl (C=O) groups is 5. The number of nitrogens with one attached hydrogen (secondary N) is 6. The zero-order valence-electron chi connectivity index (χ0n) is 67.8. The Hall–Kier alpha value is -7.85. The second-order valence-electron chi connectivity index (χ2n) is 30.3. The zero-order chi connectivity index (χ0) is 98.5. The van der Waals surface area contributed by atoms with E-state index in [9.17, 15) is 121 Å². The Bertz CT molecular complexity index is 4390. The van der Waals surface area contributed by atoms with Crippen LogP contribution in [0.1, 0.15) is 38.3 Å². The summed E-state index contributed by atoms with van der Waals surface area (Å²) in [6, 6.07) is -6.79. The molecule has 45 N–H and O–H groups in total. The molecule has 128 heavy (non-hydrogen) atoms. The molecule has 0 radical (unpaired) electrons. The number of hydrogen-bond donors (Lipinski definition) is 38. The first-order valence-electron chi connectivity index (χ1n) is 37.0. The van der Waals surface area contributed by atoms with Crippen LogP contribution in [0, 0.1) is 22.7 Å². The summed E-state index contributed by atoms with van der Waals surface area (Å²) < 4.78 is 141. The minimum absolute atomic E-state index is 0.0187. The van der Waals surface area contributed by atoms with Crippen molar-refractivity contribution in [3.63, 3.8) is 0 Å². The Morgan fingerprint density at radius 1 is 0.578 bits per heavy atom. The van der Waals surface area contributed by atoms with Gasteiger partial charge in [0.1, 0.15) is 133 Å². The highest BCUT2D eigenvalue weighted by Gasteiger charge is 2.68. The SMILES string of the molecule is CN(C)[C@@H]1C(=O)C(C(N)=O)=C(O)[C@@]2(O)C(=O)C3=C(O)c4c(O)ccc(Cl)c4[C@@](C)(O)[C@H]3C[C@@H]12.CN[C@@H]1[C@H](O[C@H]2[C@H](O[C@H]3[C@H](O)[C@@H](O)[C@H](N=C(N)N)[C@@H](O)[C@@H]3NC(=N)N)O[C@@H](C)[C@]2(O)C=O)O[C@@H](CO)[C@H](O)[C@H]1O.CN[C@@H]1[C@H](O[C@H]2[C@H](O[C@H]3[C@H](O)[C@@H](O)[C@H](N=C(N)N)[C@@H](O)[C@@H]3NC(=N)N)O[C@@H](C)[C@]2(O)C=O)O[C@@H](CO)[C@H](O)[C@H]1O.O=S(=O)(O)O.O=S(=O)(O)O.O=S(=O)(O)O. The molecule has 3 saturated carbocycles. The fraction of sp³-hybridized carbons (Fsp3) is 0.703. The molecule has 4 aliphatic heterocycles. The number of amides is 1. The lowest BCUT2D eigenvalue weighted by Crippen LogP contribution is -2.70. The monoisotopic (exact) mass is 1930 g/mol. The quantitative estimate of drug-likeness (QED) is 0.0189. The number of ketones is 2. The van der Waals surface area contributed by atoms with Crippen molar-refractivity contribution in [2.45, 2.75) is 227 Å². The van der Waals surface area contributed by atoms with Crippen LogP contribution in [0.4, 0.5) is 0 Å². The number of nitrogens with two attached hydrogens (primary N) is 7. The van der Waals surface area contributed by atoms with Gasteiger partial charge in [0, 0.05) is 28.0 Å². The standard InChI is InChI=1S/C22H23ClN2O8.2C21H39N7O12.3H2O4S/c1-21(32)7-6-8-15(25(2)3)17(28)13(20(24)31)19(30)22(8,33)18(29)11(7)16(27)12-10(26)5-4-9(23)14(12)21;2*1-5-21(36,4-30)16(40-17-9(26-2)13(34)10(31)6(3-29)38-17)18(37-5)39-15-8(28-20(24)25)11(32)7(27-19(22)23)12(33)14(15)35;3*1-5(2,3)4/h4-5,7-8,15,26-27,30,32-33H,6H2,1-3H3,(H2,24,31);2*4-18,26,29,31-36H,3H2,1-2H3,(H4,22,23,27)(H4,24,25,28);3*(H2,1,2,3,4)/t7-,8-,15-,21-,22-;2*5-,6-,7+,8-,9-,10-,11+,12-,13-,14+,15+,16-,17-,18-,21+;;;/m000.../s1. The number of phenols is 1. The van der Waals surface area contributed by atoms with Crippen molar-refractivity contribution in [3.05, 3.63) is 45.2 Å². The van der Waals surface area contributed by atoms with Gasteiger partial charge in [-0.1, -0.05) is 11.6 Å². The van der Waals surface area contributed by atoms with Crippen LogP contribution in [0.25, 0.3) is 5.76 Å². The highest BCUT2D eigenvalue weighted by Crippen LogP contribution is 2.59. The van der Waals surface area contributed by atoms with E-state index < -0.39 is 326 Å². The average molecular weight is 1940 g/mol. The number of likely N-dealkylation sites (N-methyl/N-ethyl adjacent to an activating group) is 3. The summed E-state index contributed by atoms with van der Waals surface area (Å²) >= 11 is 6.28. The Kier molecular flexibility index (Phi) is 37.4. The smallest absolute Gasteiger partial charge is 0.394 e. The number of guanidine groups is 4. The van der Waals surface area contributed by atoms with Crippen LogP contribution in [-0.2, 0) is 98.7 Å². The number of aliphatic imine (C=N–C) groups is 2. The molecule has 9 aliphatic rings. The van der Waals surface area contributed by atoms with Crippen LogP contribution >= 0.6 is 11.6 Å². The van der Waals surface area contributed by atoms with E-state index in [0.717, 1.165) is 0 Å².